The summed E-state index contributed by atoms with van der Waals surface area (Å²) in [4.78, 5) is 0. The van der Waals surface area contributed by atoms with E-state index < -0.39 is 5.60 Å². The van der Waals surface area contributed by atoms with Crippen LogP contribution in [0.25, 0.3) is 5.69 Å². The second-order valence-corrected chi connectivity index (χ2v) is 4.95. The highest BCUT2D eigenvalue weighted by Crippen LogP contribution is 2.24. The molecule has 0 atom stereocenters. The Bertz CT molecular complexity index is 535. The van der Waals surface area contributed by atoms with Crippen LogP contribution in [0.5, 0.6) is 0 Å². The molecule has 0 amide bonds. The van der Waals surface area contributed by atoms with Crippen molar-refractivity contribution >= 4 is 0 Å². The number of aryl methyl sites for hydroxylation is 1. The predicted octanol–water partition coefficient (Wildman–Crippen LogP) is 2.72. The molecule has 3 nitrogen and oxygen atoms in total. The Morgan fingerprint density at radius 2 is 1.94 bits per heavy atom. The van der Waals surface area contributed by atoms with Crippen molar-refractivity contribution in [2.45, 2.75) is 33.3 Å². The van der Waals surface area contributed by atoms with Crippen LogP contribution < -0.4 is 0 Å². The Morgan fingerprint density at radius 3 is 2.47 bits per heavy atom. The summed E-state index contributed by atoms with van der Waals surface area (Å²) >= 11 is 0. The summed E-state index contributed by atoms with van der Waals surface area (Å²) < 4.78 is 1.86. The molecule has 0 bridgehead atoms. The van der Waals surface area contributed by atoms with Gasteiger partial charge in [-0.2, -0.15) is 5.10 Å². The lowest BCUT2D eigenvalue weighted by molar-refractivity contribution is 0.0779. The van der Waals surface area contributed by atoms with E-state index in [1.165, 1.54) is 5.56 Å². The molecule has 90 valence electrons. The third-order valence-corrected chi connectivity index (χ3v) is 2.92. The molecule has 1 aromatic carbocycles. The monoisotopic (exact) mass is 230 g/mol. The fourth-order valence-electron chi connectivity index (χ4n) is 2.03. The van der Waals surface area contributed by atoms with Crippen LogP contribution in [0, 0.1) is 13.8 Å². The van der Waals surface area contributed by atoms with Crippen LogP contribution in [0.4, 0.5) is 0 Å². The Labute approximate surface area is 102 Å². The van der Waals surface area contributed by atoms with E-state index in [0.717, 1.165) is 16.9 Å². The average Bonchev–Trinajstić information content (AvgIpc) is 2.59. The van der Waals surface area contributed by atoms with Crippen molar-refractivity contribution in [1.29, 1.82) is 0 Å². The zero-order valence-corrected chi connectivity index (χ0v) is 10.7. The maximum Gasteiger partial charge on any atom is 0.0873 e. The fourth-order valence-corrected chi connectivity index (χ4v) is 2.03. The van der Waals surface area contributed by atoms with Gasteiger partial charge in [-0.15, -0.1) is 0 Å². The van der Waals surface area contributed by atoms with E-state index in [-0.39, 0.29) is 0 Å². The molecule has 0 radical (unpaired) electrons. The highest BCUT2D eigenvalue weighted by Gasteiger charge is 2.22. The van der Waals surface area contributed by atoms with Gasteiger partial charge >= 0.3 is 0 Å². The highest BCUT2D eigenvalue weighted by atomic mass is 16.3. The fraction of sp³-hybridized carbons (Fsp3) is 0.357. The quantitative estimate of drug-likeness (QED) is 0.861. The number of aromatic nitrogens is 2. The van der Waals surface area contributed by atoms with Crippen molar-refractivity contribution in [1.82, 2.24) is 9.78 Å². The molecule has 1 heterocycles. The third-order valence-electron chi connectivity index (χ3n) is 2.92. The smallest absolute Gasteiger partial charge is 0.0873 e. The van der Waals surface area contributed by atoms with Crippen molar-refractivity contribution in [2.24, 2.45) is 0 Å². The summed E-state index contributed by atoms with van der Waals surface area (Å²) in [5.41, 5.74) is 3.20. The van der Waals surface area contributed by atoms with Crippen molar-refractivity contribution in [2.75, 3.05) is 0 Å². The molecule has 1 N–H and O–H groups in total. The minimum absolute atomic E-state index is 0.855. The van der Waals surface area contributed by atoms with E-state index >= 15 is 0 Å². The topological polar surface area (TPSA) is 38.0 Å². The van der Waals surface area contributed by atoms with E-state index in [4.69, 9.17) is 0 Å². The van der Waals surface area contributed by atoms with Gasteiger partial charge in [-0.1, -0.05) is 12.1 Å². The van der Waals surface area contributed by atoms with E-state index in [1.807, 2.05) is 23.7 Å². The van der Waals surface area contributed by atoms with E-state index in [0.29, 0.717) is 0 Å². The molecule has 3 heteroatoms. The van der Waals surface area contributed by atoms with Gasteiger partial charge in [-0.3, -0.25) is 0 Å². The first kappa shape index (κ1) is 11.9. The van der Waals surface area contributed by atoms with Gasteiger partial charge in [0.25, 0.3) is 0 Å². The lowest BCUT2D eigenvalue weighted by atomic mass is 10.00. The molecule has 0 aliphatic heterocycles. The Balaban J connectivity index is 2.52. The molecule has 2 rings (SSSR count). The predicted molar refractivity (Wildman–Crippen MR) is 68.3 cm³/mol. The van der Waals surface area contributed by atoms with Gasteiger partial charge in [0.15, 0.2) is 0 Å². The summed E-state index contributed by atoms with van der Waals surface area (Å²) in [6.07, 6.45) is 1.73. The number of hydrogen-bond acceptors (Lipinski definition) is 2. The summed E-state index contributed by atoms with van der Waals surface area (Å²) in [5, 5.41) is 14.4. The number of benzene rings is 1. The van der Waals surface area contributed by atoms with E-state index in [9.17, 15) is 5.11 Å². The van der Waals surface area contributed by atoms with Crippen LogP contribution in [0.1, 0.15) is 30.7 Å². The number of aliphatic hydroxyl groups is 1. The Morgan fingerprint density at radius 1 is 1.24 bits per heavy atom. The first-order chi connectivity index (χ1) is 7.89. The lowest BCUT2D eigenvalue weighted by Gasteiger charge is -2.16. The second-order valence-electron chi connectivity index (χ2n) is 4.95. The average molecular weight is 230 g/mol. The molecule has 0 aliphatic carbocycles. The third kappa shape index (κ3) is 2.24. The zero-order chi connectivity index (χ0) is 12.6. The molecule has 0 saturated heterocycles. The Kier molecular flexibility index (Phi) is 2.79. The van der Waals surface area contributed by atoms with Crippen molar-refractivity contribution in [3.8, 4) is 5.69 Å². The first-order valence-electron chi connectivity index (χ1n) is 5.74. The van der Waals surface area contributed by atoms with Gasteiger partial charge in [0.1, 0.15) is 0 Å². The summed E-state index contributed by atoms with van der Waals surface area (Å²) in [7, 11) is 0. The standard InChI is InChI=1S/C14H18N2O/c1-10-6-5-7-12(8-10)16-11(2)13(9-15-16)14(3,4)17/h5-9,17H,1-4H3. The number of rotatable bonds is 2. The minimum Gasteiger partial charge on any atom is -0.386 e. The van der Waals surface area contributed by atoms with Gasteiger partial charge in [-0.25, -0.2) is 4.68 Å². The maximum atomic E-state index is 10.0. The van der Waals surface area contributed by atoms with Crippen molar-refractivity contribution < 1.29 is 5.11 Å². The first-order valence-corrected chi connectivity index (χ1v) is 5.74. The van der Waals surface area contributed by atoms with Crippen LogP contribution in [0.2, 0.25) is 0 Å². The molecular formula is C14H18N2O. The van der Waals surface area contributed by atoms with Gasteiger partial charge in [0, 0.05) is 11.3 Å². The SMILES string of the molecule is Cc1cccc(-n2ncc(C(C)(C)O)c2C)c1. The number of nitrogens with zero attached hydrogens (tertiary/aromatic N) is 2. The molecule has 0 spiro atoms. The molecule has 0 fully saturated rings. The van der Waals surface area contributed by atoms with Crippen LogP contribution in [-0.4, -0.2) is 14.9 Å². The van der Waals surface area contributed by atoms with Gasteiger partial charge < -0.3 is 5.11 Å². The molecule has 2 aromatic rings. The summed E-state index contributed by atoms with van der Waals surface area (Å²) in [6.45, 7) is 7.58. The normalized spacial score (nSPS) is 11.8. The van der Waals surface area contributed by atoms with Gasteiger partial charge in [-0.05, 0) is 45.4 Å². The molecule has 0 saturated carbocycles. The summed E-state index contributed by atoms with van der Waals surface area (Å²) in [5.74, 6) is 0. The van der Waals surface area contributed by atoms with Gasteiger partial charge in [0.05, 0.1) is 17.5 Å². The van der Waals surface area contributed by atoms with E-state index in [2.05, 4.69) is 24.2 Å². The maximum absolute atomic E-state index is 10.0. The number of hydrogen-bond donors (Lipinski definition) is 1. The van der Waals surface area contributed by atoms with Gasteiger partial charge in [0.2, 0.25) is 0 Å². The van der Waals surface area contributed by atoms with Crippen molar-refractivity contribution in [3.63, 3.8) is 0 Å². The summed E-state index contributed by atoms with van der Waals surface area (Å²) in [6, 6.07) is 8.16. The lowest BCUT2D eigenvalue weighted by Crippen LogP contribution is -2.16. The molecule has 0 aliphatic rings. The molecule has 0 unspecified atom stereocenters. The second kappa shape index (κ2) is 4.00. The van der Waals surface area contributed by atoms with Crippen LogP contribution in [0.3, 0.4) is 0 Å². The molecular weight excluding hydrogens is 212 g/mol. The minimum atomic E-state index is -0.855. The zero-order valence-electron chi connectivity index (χ0n) is 10.7. The van der Waals surface area contributed by atoms with Crippen LogP contribution in [-0.2, 0) is 5.60 Å². The Hall–Kier alpha value is -1.61. The van der Waals surface area contributed by atoms with Crippen LogP contribution >= 0.6 is 0 Å². The molecule has 17 heavy (non-hydrogen) atoms. The largest absolute Gasteiger partial charge is 0.386 e. The van der Waals surface area contributed by atoms with E-state index in [1.54, 1.807) is 20.0 Å². The van der Waals surface area contributed by atoms with Crippen molar-refractivity contribution in [3.05, 3.63) is 47.3 Å². The van der Waals surface area contributed by atoms with Crippen LogP contribution in [0.15, 0.2) is 30.5 Å². The highest BCUT2D eigenvalue weighted by molar-refractivity contribution is 5.38. The molecule has 1 aromatic heterocycles.